The van der Waals surface area contributed by atoms with E-state index in [1.807, 2.05) is 22.6 Å². The highest BCUT2D eigenvalue weighted by molar-refractivity contribution is 14.1. The van der Waals surface area contributed by atoms with E-state index in [2.05, 4.69) is 4.98 Å². The van der Waals surface area contributed by atoms with E-state index >= 15 is 0 Å². The van der Waals surface area contributed by atoms with Crippen LogP contribution in [0.3, 0.4) is 0 Å². The number of alkyl halides is 3. The molecular formula is C8H7ClF2INO. The van der Waals surface area contributed by atoms with Crippen LogP contribution in [-0.2, 0) is 5.88 Å². The molecule has 1 rings (SSSR count). The zero-order valence-corrected chi connectivity index (χ0v) is 10.1. The van der Waals surface area contributed by atoms with E-state index in [4.69, 9.17) is 16.3 Å². The summed E-state index contributed by atoms with van der Waals surface area (Å²) in [5, 5.41) is 0. The summed E-state index contributed by atoms with van der Waals surface area (Å²) in [7, 11) is 1.46. The molecule has 0 radical (unpaired) electrons. The Morgan fingerprint density at radius 3 is 2.71 bits per heavy atom. The smallest absolute Gasteiger partial charge is 0.280 e. The van der Waals surface area contributed by atoms with E-state index in [1.54, 1.807) is 0 Å². The lowest BCUT2D eigenvalue weighted by Crippen LogP contribution is -2.00. The summed E-state index contributed by atoms with van der Waals surface area (Å²) < 4.78 is 30.1. The zero-order chi connectivity index (χ0) is 10.7. The average molecular weight is 334 g/mol. The minimum Gasteiger partial charge on any atom is -0.494 e. The molecule has 0 amide bonds. The summed E-state index contributed by atoms with van der Waals surface area (Å²) in [6, 6.07) is 1.26. The SMILES string of the molecule is COc1c(CCl)cc(C(F)F)nc1I. The van der Waals surface area contributed by atoms with Crippen LogP contribution in [0, 0.1) is 3.70 Å². The van der Waals surface area contributed by atoms with Crippen LogP contribution in [-0.4, -0.2) is 12.1 Å². The average Bonchev–Trinajstić information content (AvgIpc) is 2.16. The molecule has 14 heavy (non-hydrogen) atoms. The Morgan fingerprint density at radius 1 is 1.64 bits per heavy atom. The van der Waals surface area contributed by atoms with E-state index in [0.717, 1.165) is 0 Å². The molecule has 0 aliphatic rings. The van der Waals surface area contributed by atoms with Crippen LogP contribution in [0.2, 0.25) is 0 Å². The monoisotopic (exact) mass is 333 g/mol. The number of hydrogen-bond acceptors (Lipinski definition) is 2. The Balaban J connectivity index is 3.24. The van der Waals surface area contributed by atoms with Gasteiger partial charge in [-0.25, -0.2) is 13.8 Å². The first-order chi connectivity index (χ1) is 6.60. The lowest BCUT2D eigenvalue weighted by Gasteiger charge is -2.09. The molecule has 6 heteroatoms. The fraction of sp³-hybridized carbons (Fsp3) is 0.375. The maximum Gasteiger partial charge on any atom is 0.280 e. The van der Waals surface area contributed by atoms with Gasteiger partial charge in [-0.2, -0.15) is 0 Å². The molecule has 1 heterocycles. The summed E-state index contributed by atoms with van der Waals surface area (Å²) in [4.78, 5) is 3.71. The molecule has 0 saturated heterocycles. The van der Waals surface area contributed by atoms with Gasteiger partial charge in [0.2, 0.25) is 0 Å². The Bertz CT molecular complexity index is 335. The summed E-state index contributed by atoms with van der Waals surface area (Å²) in [6.07, 6.45) is -2.59. The zero-order valence-electron chi connectivity index (χ0n) is 7.23. The van der Waals surface area contributed by atoms with Crippen molar-refractivity contribution in [3.05, 3.63) is 21.0 Å². The van der Waals surface area contributed by atoms with E-state index in [0.29, 0.717) is 15.0 Å². The highest BCUT2D eigenvalue weighted by Gasteiger charge is 2.15. The van der Waals surface area contributed by atoms with Crippen LogP contribution in [0.1, 0.15) is 17.7 Å². The third-order valence-electron chi connectivity index (χ3n) is 1.60. The second-order valence-electron chi connectivity index (χ2n) is 2.46. The van der Waals surface area contributed by atoms with Crippen LogP contribution in [0.5, 0.6) is 5.75 Å². The standard InChI is InChI=1S/C8H7ClF2INO/c1-14-6-4(3-9)2-5(7(10)11)13-8(6)12/h2,7H,3H2,1H3. The molecule has 1 aromatic heterocycles. The molecule has 0 N–H and O–H groups in total. The summed E-state index contributed by atoms with van der Waals surface area (Å²) >= 11 is 7.44. The molecule has 0 unspecified atom stereocenters. The summed E-state index contributed by atoms with van der Waals surface area (Å²) in [5.41, 5.74) is 0.259. The van der Waals surface area contributed by atoms with Crippen molar-refractivity contribution in [1.29, 1.82) is 0 Å². The van der Waals surface area contributed by atoms with Gasteiger partial charge in [-0.1, -0.05) is 0 Å². The maximum atomic E-state index is 12.3. The van der Waals surface area contributed by atoms with Crippen LogP contribution in [0.25, 0.3) is 0 Å². The number of pyridine rings is 1. The van der Waals surface area contributed by atoms with E-state index in [9.17, 15) is 8.78 Å². The fourth-order valence-corrected chi connectivity index (χ4v) is 2.04. The van der Waals surface area contributed by atoms with E-state index in [1.165, 1.54) is 13.2 Å². The van der Waals surface area contributed by atoms with Gasteiger partial charge in [0.05, 0.1) is 13.0 Å². The van der Waals surface area contributed by atoms with Crippen molar-refractivity contribution < 1.29 is 13.5 Å². The predicted molar refractivity (Wildman–Crippen MR) is 58.0 cm³/mol. The quantitative estimate of drug-likeness (QED) is 0.481. The molecule has 0 aromatic carbocycles. The molecule has 78 valence electrons. The molecule has 0 fully saturated rings. The van der Waals surface area contributed by atoms with Gasteiger partial charge in [-0.15, -0.1) is 11.6 Å². The molecule has 1 aromatic rings. The van der Waals surface area contributed by atoms with Crippen molar-refractivity contribution >= 4 is 34.2 Å². The van der Waals surface area contributed by atoms with Crippen LogP contribution in [0.15, 0.2) is 6.07 Å². The molecule has 0 aliphatic carbocycles. The van der Waals surface area contributed by atoms with Crippen molar-refractivity contribution in [3.63, 3.8) is 0 Å². The number of nitrogens with zero attached hydrogens (tertiary/aromatic N) is 1. The number of rotatable bonds is 3. The third-order valence-corrected chi connectivity index (χ3v) is 2.62. The normalized spacial score (nSPS) is 10.7. The first kappa shape index (κ1) is 11.9. The van der Waals surface area contributed by atoms with Crippen LogP contribution >= 0.6 is 34.2 Å². The van der Waals surface area contributed by atoms with Crippen LogP contribution in [0.4, 0.5) is 8.78 Å². The van der Waals surface area contributed by atoms with Crippen molar-refractivity contribution in [1.82, 2.24) is 4.98 Å². The summed E-state index contributed by atoms with van der Waals surface area (Å²) in [5.74, 6) is 0.589. The number of hydrogen-bond donors (Lipinski definition) is 0. The van der Waals surface area contributed by atoms with Gasteiger partial charge in [0, 0.05) is 5.56 Å². The van der Waals surface area contributed by atoms with Gasteiger partial charge in [0.15, 0.2) is 5.75 Å². The van der Waals surface area contributed by atoms with Crippen LogP contribution < -0.4 is 4.74 Å². The maximum absolute atomic E-state index is 12.3. The van der Waals surface area contributed by atoms with Gasteiger partial charge in [-0.3, -0.25) is 0 Å². The third kappa shape index (κ3) is 2.44. The Hall–Kier alpha value is -0.170. The first-order valence-electron chi connectivity index (χ1n) is 3.67. The van der Waals surface area contributed by atoms with Crippen molar-refractivity contribution in [2.75, 3.05) is 7.11 Å². The lowest BCUT2D eigenvalue weighted by atomic mass is 10.2. The summed E-state index contributed by atoms with van der Waals surface area (Å²) in [6.45, 7) is 0. The van der Waals surface area contributed by atoms with Crippen molar-refractivity contribution in [2.24, 2.45) is 0 Å². The first-order valence-corrected chi connectivity index (χ1v) is 5.29. The van der Waals surface area contributed by atoms with Crippen molar-refractivity contribution in [2.45, 2.75) is 12.3 Å². The van der Waals surface area contributed by atoms with Gasteiger partial charge < -0.3 is 4.74 Å². The number of ether oxygens (including phenoxy) is 1. The molecule has 0 saturated carbocycles. The van der Waals surface area contributed by atoms with Gasteiger partial charge in [0.25, 0.3) is 6.43 Å². The Morgan fingerprint density at radius 2 is 2.29 bits per heavy atom. The minimum atomic E-state index is -2.59. The number of halogens is 4. The second kappa shape index (κ2) is 5.06. The molecule has 0 bridgehead atoms. The van der Waals surface area contributed by atoms with Gasteiger partial charge >= 0.3 is 0 Å². The van der Waals surface area contributed by atoms with Gasteiger partial charge in [-0.05, 0) is 28.7 Å². The topological polar surface area (TPSA) is 22.1 Å². The predicted octanol–water partition coefficient (Wildman–Crippen LogP) is 3.37. The Kier molecular flexibility index (Phi) is 4.31. The number of methoxy groups -OCH3 is 1. The minimum absolute atomic E-state index is 0.126. The number of aromatic nitrogens is 1. The Labute approximate surface area is 98.8 Å². The second-order valence-corrected chi connectivity index (χ2v) is 3.75. The molecule has 0 aliphatic heterocycles. The van der Waals surface area contributed by atoms with Crippen molar-refractivity contribution in [3.8, 4) is 5.75 Å². The molecular weight excluding hydrogens is 326 g/mol. The van der Waals surface area contributed by atoms with Gasteiger partial charge in [0.1, 0.15) is 9.39 Å². The van der Waals surface area contributed by atoms with E-state index < -0.39 is 6.43 Å². The lowest BCUT2D eigenvalue weighted by molar-refractivity contribution is 0.145. The largest absolute Gasteiger partial charge is 0.494 e. The van der Waals surface area contributed by atoms with E-state index in [-0.39, 0.29) is 11.6 Å². The fourth-order valence-electron chi connectivity index (χ4n) is 0.999. The highest BCUT2D eigenvalue weighted by atomic mass is 127. The molecule has 0 spiro atoms. The highest BCUT2D eigenvalue weighted by Crippen LogP contribution is 2.29. The molecule has 2 nitrogen and oxygen atoms in total. The molecule has 0 atom stereocenters.